The van der Waals surface area contributed by atoms with E-state index in [1.165, 1.54) is 23.5 Å². The summed E-state index contributed by atoms with van der Waals surface area (Å²) in [7, 11) is 1.86. The molecule has 0 radical (unpaired) electrons. The largest absolute Gasteiger partial charge is 0.399 e. The second-order valence-electron chi connectivity index (χ2n) is 8.65. The van der Waals surface area contributed by atoms with Crippen molar-refractivity contribution in [1.29, 1.82) is 0 Å². The van der Waals surface area contributed by atoms with Crippen molar-refractivity contribution in [2.45, 2.75) is 16.9 Å². The highest BCUT2D eigenvalue weighted by atomic mass is 32.2. The number of H-pyrrole nitrogens is 1. The zero-order chi connectivity index (χ0) is 27.2. The van der Waals surface area contributed by atoms with Crippen LogP contribution in [0.2, 0.25) is 0 Å². The van der Waals surface area contributed by atoms with Crippen LogP contribution in [0.5, 0.6) is 0 Å². The lowest BCUT2D eigenvalue weighted by Crippen LogP contribution is -2.24. The number of rotatable bonds is 10. The average Bonchev–Trinajstić information content (AvgIpc) is 3.53. The third-order valence-corrected chi connectivity index (χ3v) is 7.65. The van der Waals surface area contributed by atoms with E-state index in [1.54, 1.807) is 6.07 Å². The second kappa shape index (κ2) is 12.0. The Morgan fingerprint density at radius 3 is 2.51 bits per heavy atom. The van der Waals surface area contributed by atoms with Crippen LogP contribution in [-0.4, -0.2) is 48.1 Å². The van der Waals surface area contributed by atoms with Crippen LogP contribution in [0.25, 0.3) is 22.4 Å². The van der Waals surface area contributed by atoms with Crippen molar-refractivity contribution in [3.8, 4) is 11.4 Å². The molecule has 0 aliphatic rings. The van der Waals surface area contributed by atoms with E-state index in [4.69, 9.17) is 5.73 Å². The van der Waals surface area contributed by atoms with Gasteiger partial charge >= 0.3 is 0 Å². The fourth-order valence-electron chi connectivity index (χ4n) is 3.77. The van der Waals surface area contributed by atoms with Crippen molar-refractivity contribution in [3.05, 3.63) is 78.4 Å². The Morgan fingerprint density at radius 1 is 0.949 bits per heavy atom. The van der Waals surface area contributed by atoms with Crippen molar-refractivity contribution in [2.75, 3.05) is 22.6 Å². The van der Waals surface area contributed by atoms with E-state index in [1.807, 2.05) is 78.3 Å². The molecule has 2 heterocycles. The lowest BCUT2D eigenvalue weighted by Gasteiger charge is -2.06. The summed E-state index contributed by atoms with van der Waals surface area (Å²) >= 11 is 2.63. The summed E-state index contributed by atoms with van der Waals surface area (Å²) in [6.45, 7) is 0.488. The van der Waals surface area contributed by atoms with Crippen LogP contribution in [0.1, 0.15) is 5.56 Å². The monoisotopic (exact) mass is 558 g/mol. The molecule has 0 fully saturated rings. The molecule has 0 atom stereocenters. The van der Waals surface area contributed by atoms with Crippen molar-refractivity contribution in [1.82, 2.24) is 30.0 Å². The normalized spacial score (nSPS) is 11.0. The molecule has 0 saturated carbocycles. The van der Waals surface area contributed by atoms with Crippen LogP contribution < -0.4 is 16.4 Å². The van der Waals surface area contributed by atoms with E-state index in [0.717, 1.165) is 22.2 Å². The molecule has 10 nitrogen and oxygen atoms in total. The van der Waals surface area contributed by atoms with Crippen molar-refractivity contribution in [2.24, 2.45) is 7.05 Å². The molecule has 0 bridgehead atoms. The van der Waals surface area contributed by atoms with E-state index in [-0.39, 0.29) is 23.3 Å². The molecule has 2 amide bonds. The van der Waals surface area contributed by atoms with E-state index < -0.39 is 0 Å². The topological polar surface area (TPSA) is 144 Å². The van der Waals surface area contributed by atoms with Crippen LogP contribution in [0, 0.1) is 0 Å². The zero-order valence-electron chi connectivity index (χ0n) is 21.0. The van der Waals surface area contributed by atoms with E-state index in [0.29, 0.717) is 34.1 Å². The number of nitrogens with one attached hydrogen (secondary N) is 3. The molecule has 5 rings (SSSR count). The molecule has 0 saturated heterocycles. The van der Waals surface area contributed by atoms with E-state index in [2.05, 4.69) is 30.8 Å². The lowest BCUT2D eigenvalue weighted by atomic mass is 10.2. The maximum absolute atomic E-state index is 12.6. The molecule has 0 aliphatic carbocycles. The number of carbonyl (C=O) groups excluding carboxylic acids is 2. The fourth-order valence-corrected chi connectivity index (χ4v) is 5.19. The first-order chi connectivity index (χ1) is 18.9. The van der Waals surface area contributed by atoms with Crippen molar-refractivity contribution in [3.63, 3.8) is 0 Å². The average molecular weight is 559 g/mol. The number of fused-ring (bicyclic) bond motifs is 1. The SMILES string of the molecule is Cn1c(SCC(=O)Nc2ccc3nc(SCC(=O)NCc4ccccc4)[nH]c3c2)nnc1-c1ccc(N)cc1. The van der Waals surface area contributed by atoms with Crippen molar-refractivity contribution >= 4 is 57.7 Å². The molecule has 39 heavy (non-hydrogen) atoms. The van der Waals surface area contributed by atoms with Gasteiger partial charge in [-0.25, -0.2) is 4.98 Å². The van der Waals surface area contributed by atoms with Gasteiger partial charge in [-0.05, 0) is 48.0 Å². The number of aromatic amines is 1. The third-order valence-electron chi connectivity index (χ3n) is 5.75. The molecule has 2 aromatic heterocycles. The van der Waals surface area contributed by atoms with Gasteiger partial charge in [-0.1, -0.05) is 53.9 Å². The van der Waals surface area contributed by atoms with Crippen LogP contribution >= 0.6 is 23.5 Å². The Labute approximate surface area is 233 Å². The number of hydrogen-bond acceptors (Lipinski definition) is 8. The molecule has 12 heteroatoms. The number of imidazole rings is 1. The summed E-state index contributed by atoms with van der Waals surface area (Å²) in [5, 5.41) is 15.5. The molecule has 0 aliphatic heterocycles. The number of nitrogen functional groups attached to an aromatic ring is 1. The zero-order valence-corrected chi connectivity index (χ0v) is 22.7. The highest BCUT2D eigenvalue weighted by Crippen LogP contribution is 2.25. The summed E-state index contributed by atoms with van der Waals surface area (Å²) in [5.74, 6) is 0.882. The summed E-state index contributed by atoms with van der Waals surface area (Å²) in [4.78, 5) is 32.6. The molecule has 198 valence electrons. The number of benzene rings is 3. The van der Waals surface area contributed by atoms with Gasteiger partial charge in [0.2, 0.25) is 11.8 Å². The van der Waals surface area contributed by atoms with Crippen LogP contribution in [0.3, 0.4) is 0 Å². The van der Waals surface area contributed by atoms with Crippen LogP contribution in [0.15, 0.2) is 83.1 Å². The number of hydrogen-bond donors (Lipinski definition) is 4. The number of amides is 2. The minimum Gasteiger partial charge on any atom is -0.399 e. The first-order valence-corrected chi connectivity index (χ1v) is 14.0. The number of nitrogens with zero attached hydrogens (tertiary/aromatic N) is 4. The number of nitrogens with two attached hydrogens (primary N) is 1. The summed E-state index contributed by atoms with van der Waals surface area (Å²) in [5.41, 5.74) is 10.6. The predicted molar refractivity (Wildman–Crippen MR) is 155 cm³/mol. The third kappa shape index (κ3) is 6.78. The molecule has 5 N–H and O–H groups in total. The fraction of sp³-hybridized carbons (Fsp3) is 0.148. The molecule has 5 aromatic rings. The first kappa shape index (κ1) is 26.3. The van der Waals surface area contributed by atoms with E-state index in [9.17, 15) is 9.59 Å². The van der Waals surface area contributed by atoms with Gasteiger partial charge in [0, 0.05) is 30.5 Å². The maximum atomic E-state index is 12.6. The Hall–Kier alpha value is -4.29. The van der Waals surface area contributed by atoms with Gasteiger partial charge in [0.1, 0.15) is 0 Å². The highest BCUT2D eigenvalue weighted by Gasteiger charge is 2.14. The Kier molecular flexibility index (Phi) is 8.13. The molecular formula is C27H26N8O2S2. The maximum Gasteiger partial charge on any atom is 0.234 e. The van der Waals surface area contributed by atoms with Gasteiger partial charge in [-0.15, -0.1) is 10.2 Å². The van der Waals surface area contributed by atoms with Crippen molar-refractivity contribution < 1.29 is 9.59 Å². The Bertz CT molecular complexity index is 1600. The van der Waals surface area contributed by atoms with Gasteiger partial charge in [-0.3, -0.25) is 9.59 Å². The Balaban J connectivity index is 1.12. The predicted octanol–water partition coefficient (Wildman–Crippen LogP) is 4.08. The molecule has 0 unspecified atom stereocenters. The number of aromatic nitrogens is 5. The molecule has 0 spiro atoms. The Morgan fingerprint density at radius 2 is 1.72 bits per heavy atom. The standard InChI is InChI=1S/C27H26N8O2S2/c1-35-25(18-7-9-19(28)10-8-18)33-34-27(35)39-16-24(37)30-20-11-12-21-22(13-20)32-26(31-21)38-15-23(36)29-14-17-5-3-2-4-6-17/h2-13H,14-16,28H2,1H3,(H,29,36)(H,30,37)(H,31,32). The first-order valence-electron chi connectivity index (χ1n) is 12.1. The minimum absolute atomic E-state index is 0.0711. The number of carbonyl (C=O) groups is 2. The van der Waals surface area contributed by atoms with Gasteiger partial charge in [0.05, 0.1) is 22.5 Å². The van der Waals surface area contributed by atoms with Gasteiger partial charge in [0.25, 0.3) is 0 Å². The quantitative estimate of drug-likeness (QED) is 0.148. The van der Waals surface area contributed by atoms with Gasteiger partial charge in [0.15, 0.2) is 16.1 Å². The van der Waals surface area contributed by atoms with E-state index >= 15 is 0 Å². The van der Waals surface area contributed by atoms with Crippen LogP contribution in [0.4, 0.5) is 11.4 Å². The lowest BCUT2D eigenvalue weighted by molar-refractivity contribution is -0.118. The summed E-state index contributed by atoms with van der Waals surface area (Å²) in [6.07, 6.45) is 0. The summed E-state index contributed by atoms with van der Waals surface area (Å²) in [6, 6.07) is 22.6. The van der Waals surface area contributed by atoms with Gasteiger partial charge < -0.3 is 25.9 Å². The second-order valence-corrected chi connectivity index (χ2v) is 10.6. The highest BCUT2D eigenvalue weighted by molar-refractivity contribution is 8.00. The number of thioether (sulfide) groups is 2. The minimum atomic E-state index is -0.166. The molecule has 3 aromatic carbocycles. The number of anilines is 2. The van der Waals surface area contributed by atoms with Crippen LogP contribution in [-0.2, 0) is 23.2 Å². The smallest absolute Gasteiger partial charge is 0.234 e. The molecular weight excluding hydrogens is 532 g/mol. The van der Waals surface area contributed by atoms with Gasteiger partial charge in [-0.2, -0.15) is 0 Å². The summed E-state index contributed by atoms with van der Waals surface area (Å²) < 4.78 is 1.85.